The Labute approximate surface area is 200 Å². The smallest absolute Gasteiger partial charge is 0.358 e. The summed E-state index contributed by atoms with van der Waals surface area (Å²) >= 11 is 0. The van der Waals surface area contributed by atoms with Gasteiger partial charge >= 0.3 is 5.97 Å². The van der Waals surface area contributed by atoms with E-state index >= 15 is 0 Å². The minimum Gasteiger partial charge on any atom is -0.461 e. The van der Waals surface area contributed by atoms with E-state index in [4.69, 9.17) is 4.74 Å². The zero-order valence-electron chi connectivity index (χ0n) is 20.3. The molecule has 1 aromatic carbocycles. The molecule has 2 aromatic rings. The lowest BCUT2D eigenvalue weighted by Crippen LogP contribution is -2.64. The Hall–Kier alpha value is -3.16. The number of aryl methyl sites for hydroxylation is 1. The predicted molar refractivity (Wildman–Crippen MR) is 127 cm³/mol. The second-order valence-electron chi connectivity index (χ2n) is 9.61. The highest BCUT2D eigenvalue weighted by atomic mass is 16.5. The van der Waals surface area contributed by atoms with Crippen LogP contribution in [-0.4, -0.2) is 50.7 Å². The summed E-state index contributed by atoms with van der Waals surface area (Å²) in [6, 6.07) is 9.50. The topological polar surface area (TPSA) is 93.5 Å². The number of esters is 1. The number of hydrogen-bond donors (Lipinski definition) is 1. The average molecular weight is 467 g/mol. The number of fused-ring (bicyclic) bond motifs is 1. The van der Waals surface area contributed by atoms with Crippen molar-refractivity contribution in [3.8, 4) is 0 Å². The van der Waals surface area contributed by atoms with Crippen molar-refractivity contribution in [2.75, 3.05) is 6.61 Å². The molecule has 1 aromatic heterocycles. The second-order valence-corrected chi connectivity index (χ2v) is 9.61. The van der Waals surface area contributed by atoms with Crippen LogP contribution < -0.4 is 5.32 Å². The van der Waals surface area contributed by atoms with Gasteiger partial charge in [-0.3, -0.25) is 14.3 Å². The maximum atomic E-state index is 13.7. The number of carbonyl (C=O) groups is 3. The number of hydrogen-bond acceptors (Lipinski definition) is 5. The molecule has 8 heteroatoms. The van der Waals surface area contributed by atoms with E-state index in [9.17, 15) is 14.4 Å². The van der Waals surface area contributed by atoms with E-state index in [1.165, 1.54) is 23.6 Å². The van der Waals surface area contributed by atoms with Crippen molar-refractivity contribution in [3.63, 3.8) is 0 Å². The van der Waals surface area contributed by atoms with Crippen molar-refractivity contribution in [3.05, 3.63) is 52.8 Å². The number of nitrogens with one attached hydrogen (secondary N) is 1. The lowest BCUT2D eigenvalue weighted by atomic mass is 9.93. The van der Waals surface area contributed by atoms with Crippen molar-refractivity contribution in [2.24, 2.45) is 0 Å². The van der Waals surface area contributed by atoms with Gasteiger partial charge in [0.15, 0.2) is 5.69 Å². The SMILES string of the molecule is CCOC(=O)c1cc2n(n1)CC(C)(C(=O)NC1CCCCCC1)N(Cc1cccc(C)c1)C2=O. The first-order valence-corrected chi connectivity index (χ1v) is 12.3. The van der Waals surface area contributed by atoms with Gasteiger partial charge in [-0.05, 0) is 39.2 Å². The summed E-state index contributed by atoms with van der Waals surface area (Å²) in [7, 11) is 0. The van der Waals surface area contributed by atoms with E-state index in [-0.39, 0.29) is 48.9 Å². The van der Waals surface area contributed by atoms with Crippen LogP contribution in [-0.2, 0) is 22.6 Å². The van der Waals surface area contributed by atoms with Crippen LogP contribution in [0, 0.1) is 6.92 Å². The van der Waals surface area contributed by atoms with E-state index in [1.807, 2.05) is 31.2 Å². The molecule has 182 valence electrons. The number of benzene rings is 1. The van der Waals surface area contributed by atoms with Crippen molar-refractivity contribution in [1.29, 1.82) is 0 Å². The molecular formula is C26H34N4O4. The number of amides is 2. The van der Waals surface area contributed by atoms with Crippen LogP contribution in [0.15, 0.2) is 30.3 Å². The largest absolute Gasteiger partial charge is 0.461 e. The molecule has 0 bridgehead atoms. The summed E-state index contributed by atoms with van der Waals surface area (Å²) in [5.74, 6) is -1.08. The fourth-order valence-electron chi connectivity index (χ4n) is 4.95. The van der Waals surface area contributed by atoms with Gasteiger partial charge in [0.25, 0.3) is 5.91 Å². The van der Waals surface area contributed by atoms with Crippen LogP contribution in [0.5, 0.6) is 0 Å². The fourth-order valence-corrected chi connectivity index (χ4v) is 4.95. The number of nitrogens with zero attached hydrogens (tertiary/aromatic N) is 3. The monoisotopic (exact) mass is 466 g/mol. The summed E-state index contributed by atoms with van der Waals surface area (Å²) in [6.07, 6.45) is 6.48. The van der Waals surface area contributed by atoms with E-state index in [0.717, 1.165) is 36.8 Å². The van der Waals surface area contributed by atoms with Gasteiger partial charge in [-0.2, -0.15) is 5.10 Å². The number of carbonyl (C=O) groups excluding carboxylic acids is 3. The minimum atomic E-state index is -1.15. The third-order valence-corrected chi connectivity index (χ3v) is 6.88. The molecule has 34 heavy (non-hydrogen) atoms. The lowest BCUT2D eigenvalue weighted by Gasteiger charge is -2.44. The second kappa shape index (κ2) is 9.99. The molecule has 1 aliphatic carbocycles. The van der Waals surface area contributed by atoms with Crippen molar-refractivity contribution in [1.82, 2.24) is 20.0 Å². The maximum Gasteiger partial charge on any atom is 0.358 e. The van der Waals surface area contributed by atoms with Gasteiger partial charge in [0.2, 0.25) is 5.91 Å². The Morgan fingerprint density at radius 2 is 1.91 bits per heavy atom. The Morgan fingerprint density at radius 1 is 1.18 bits per heavy atom. The molecule has 0 saturated heterocycles. The van der Waals surface area contributed by atoms with Crippen LogP contribution in [0.4, 0.5) is 0 Å². The molecular weight excluding hydrogens is 432 g/mol. The van der Waals surface area contributed by atoms with Crippen LogP contribution in [0.25, 0.3) is 0 Å². The average Bonchev–Trinajstić information content (AvgIpc) is 3.05. The van der Waals surface area contributed by atoms with Gasteiger partial charge in [0.05, 0.1) is 13.2 Å². The molecule has 1 aliphatic heterocycles. The standard InChI is InChI=1S/C26H34N4O4/c1-4-34-24(32)21-15-22-23(31)29(16-19-11-9-10-18(2)14-19)26(3,17-30(22)28-21)25(33)27-20-12-7-5-6-8-13-20/h9-11,14-15,20H,4-8,12-13,16-17H2,1-3H3,(H,27,33). The Balaban J connectivity index is 1.68. The molecule has 8 nitrogen and oxygen atoms in total. The van der Waals surface area contributed by atoms with E-state index in [0.29, 0.717) is 0 Å². The van der Waals surface area contributed by atoms with Crippen LogP contribution in [0.3, 0.4) is 0 Å². The highest BCUT2D eigenvalue weighted by molar-refractivity contribution is 6.01. The van der Waals surface area contributed by atoms with Gasteiger partial charge in [-0.25, -0.2) is 4.79 Å². The molecule has 1 fully saturated rings. The molecule has 0 radical (unpaired) electrons. The van der Waals surface area contributed by atoms with E-state index < -0.39 is 11.5 Å². The normalized spacial score (nSPS) is 21.0. The highest BCUT2D eigenvalue weighted by Gasteiger charge is 2.48. The molecule has 2 heterocycles. The highest BCUT2D eigenvalue weighted by Crippen LogP contribution is 2.30. The number of ether oxygens (including phenoxy) is 1. The summed E-state index contributed by atoms with van der Waals surface area (Å²) in [5.41, 5.74) is 1.24. The molecule has 2 amide bonds. The summed E-state index contributed by atoms with van der Waals surface area (Å²) in [5, 5.41) is 7.56. The van der Waals surface area contributed by atoms with Crippen LogP contribution in [0.2, 0.25) is 0 Å². The summed E-state index contributed by atoms with van der Waals surface area (Å²) < 4.78 is 6.55. The van der Waals surface area contributed by atoms with Gasteiger partial charge in [-0.1, -0.05) is 55.5 Å². The fraction of sp³-hybridized carbons (Fsp3) is 0.538. The Kier molecular flexibility index (Phi) is 7.05. The molecule has 4 rings (SSSR count). The quantitative estimate of drug-likeness (QED) is 0.518. The molecule has 1 N–H and O–H groups in total. The Bertz CT molecular complexity index is 1070. The third-order valence-electron chi connectivity index (χ3n) is 6.88. The zero-order valence-corrected chi connectivity index (χ0v) is 20.3. The minimum absolute atomic E-state index is 0.0779. The van der Waals surface area contributed by atoms with Gasteiger partial charge < -0.3 is 15.0 Å². The summed E-state index contributed by atoms with van der Waals surface area (Å²) in [6.45, 7) is 6.18. The third kappa shape index (κ3) is 4.86. The van der Waals surface area contributed by atoms with E-state index in [2.05, 4.69) is 10.4 Å². The predicted octanol–water partition coefficient (Wildman–Crippen LogP) is 3.62. The molecule has 1 atom stereocenters. The van der Waals surface area contributed by atoms with Crippen molar-refractivity contribution in [2.45, 2.75) is 84.0 Å². The van der Waals surface area contributed by atoms with Crippen molar-refractivity contribution < 1.29 is 19.1 Å². The summed E-state index contributed by atoms with van der Waals surface area (Å²) in [4.78, 5) is 41.3. The van der Waals surface area contributed by atoms with E-state index in [1.54, 1.807) is 18.7 Å². The van der Waals surface area contributed by atoms with Gasteiger partial charge in [0.1, 0.15) is 11.2 Å². The molecule has 0 spiro atoms. The first-order valence-electron chi connectivity index (χ1n) is 12.3. The first-order chi connectivity index (χ1) is 16.3. The number of aromatic nitrogens is 2. The van der Waals surface area contributed by atoms with Crippen LogP contribution >= 0.6 is 0 Å². The Morgan fingerprint density at radius 3 is 2.59 bits per heavy atom. The molecule has 2 aliphatic rings. The lowest BCUT2D eigenvalue weighted by molar-refractivity contribution is -0.134. The van der Waals surface area contributed by atoms with Crippen molar-refractivity contribution >= 4 is 17.8 Å². The molecule has 1 unspecified atom stereocenters. The van der Waals surface area contributed by atoms with Crippen LogP contribution in [0.1, 0.15) is 84.5 Å². The maximum absolute atomic E-state index is 13.7. The van der Waals surface area contributed by atoms with Gasteiger partial charge in [0, 0.05) is 18.7 Å². The van der Waals surface area contributed by atoms with Gasteiger partial charge in [-0.15, -0.1) is 0 Å². The first kappa shape index (κ1) is 24.0. The molecule has 1 saturated carbocycles. The zero-order chi connectivity index (χ0) is 24.3. The number of rotatable bonds is 6.